The van der Waals surface area contributed by atoms with Crippen molar-refractivity contribution in [2.45, 2.75) is 11.3 Å². The van der Waals surface area contributed by atoms with Gasteiger partial charge in [-0.05, 0) is 18.6 Å². The average molecular weight is 294 g/mol. The number of nitrogens with zero attached hydrogens (tertiary/aromatic N) is 1. The van der Waals surface area contributed by atoms with E-state index in [-0.39, 0.29) is 12.5 Å². The highest BCUT2D eigenvalue weighted by molar-refractivity contribution is 7.99. The minimum atomic E-state index is -0.145. The second-order valence-electron chi connectivity index (χ2n) is 3.89. The summed E-state index contributed by atoms with van der Waals surface area (Å²) in [7, 11) is 0. The van der Waals surface area contributed by atoms with E-state index in [1.807, 2.05) is 18.2 Å². The zero-order chi connectivity index (χ0) is 14.6. The van der Waals surface area contributed by atoms with Gasteiger partial charge in [0.2, 0.25) is 0 Å². The summed E-state index contributed by atoms with van der Waals surface area (Å²) in [5.74, 6) is 0.174. The molecular weight excluding hydrogens is 276 g/mol. The summed E-state index contributed by atoms with van der Waals surface area (Å²) in [5, 5.41) is 20.0. The molecule has 2 N–H and O–H groups in total. The summed E-state index contributed by atoms with van der Waals surface area (Å²) in [6, 6.07) is 9.28. The number of aliphatic hydroxyl groups excluding tert-OH is 1. The monoisotopic (exact) mass is 294 g/mol. The Labute approximate surface area is 122 Å². The summed E-state index contributed by atoms with van der Waals surface area (Å²) in [6.07, 6.45) is 0.694. The highest BCUT2D eigenvalue weighted by atomic mass is 32.2. The Morgan fingerprint density at radius 1 is 1.40 bits per heavy atom. The molecule has 0 aromatic heterocycles. The van der Waals surface area contributed by atoms with Crippen molar-refractivity contribution in [2.75, 3.05) is 32.1 Å². The van der Waals surface area contributed by atoms with E-state index >= 15 is 0 Å². The van der Waals surface area contributed by atoms with Crippen LogP contribution in [0, 0.1) is 11.3 Å². The topological polar surface area (TPSA) is 82.4 Å². The maximum Gasteiger partial charge on any atom is 0.252 e. The van der Waals surface area contributed by atoms with E-state index in [1.165, 1.54) is 11.8 Å². The lowest BCUT2D eigenvalue weighted by molar-refractivity contribution is 0.0866. The van der Waals surface area contributed by atoms with Crippen LogP contribution in [0.15, 0.2) is 29.2 Å². The maximum absolute atomic E-state index is 12.0. The van der Waals surface area contributed by atoms with Gasteiger partial charge in [0.15, 0.2) is 0 Å². The molecule has 0 saturated carbocycles. The number of nitriles is 1. The van der Waals surface area contributed by atoms with E-state index in [1.54, 1.807) is 12.1 Å². The van der Waals surface area contributed by atoms with Crippen LogP contribution in [0.4, 0.5) is 0 Å². The number of ether oxygens (including phenoxy) is 1. The smallest absolute Gasteiger partial charge is 0.252 e. The molecule has 0 atom stereocenters. The quantitative estimate of drug-likeness (QED) is 0.532. The second-order valence-corrected chi connectivity index (χ2v) is 4.91. The van der Waals surface area contributed by atoms with Gasteiger partial charge in [-0.2, -0.15) is 5.26 Å². The average Bonchev–Trinajstić information content (AvgIpc) is 2.48. The first kappa shape index (κ1) is 16.5. The number of carbonyl (C=O) groups is 1. The molecule has 0 heterocycles. The van der Waals surface area contributed by atoms with Crippen molar-refractivity contribution in [3.8, 4) is 6.07 Å². The van der Waals surface area contributed by atoms with Crippen LogP contribution < -0.4 is 5.32 Å². The molecule has 5 nitrogen and oxygen atoms in total. The Hall–Kier alpha value is -1.55. The van der Waals surface area contributed by atoms with Gasteiger partial charge < -0.3 is 15.2 Å². The Morgan fingerprint density at radius 2 is 2.20 bits per heavy atom. The molecule has 108 valence electrons. The van der Waals surface area contributed by atoms with E-state index in [9.17, 15) is 4.79 Å². The van der Waals surface area contributed by atoms with Crippen LogP contribution in [0.5, 0.6) is 0 Å². The third-order valence-corrected chi connectivity index (χ3v) is 3.35. The molecule has 0 unspecified atom stereocenters. The fourth-order valence-corrected chi connectivity index (χ4v) is 2.24. The van der Waals surface area contributed by atoms with Crippen LogP contribution >= 0.6 is 11.8 Å². The first-order valence-electron chi connectivity index (χ1n) is 6.35. The van der Waals surface area contributed by atoms with Crippen molar-refractivity contribution in [3.63, 3.8) is 0 Å². The number of rotatable bonds is 9. The van der Waals surface area contributed by atoms with E-state index in [0.717, 1.165) is 4.90 Å². The highest BCUT2D eigenvalue weighted by Crippen LogP contribution is 2.21. The summed E-state index contributed by atoms with van der Waals surface area (Å²) in [4.78, 5) is 12.8. The molecule has 0 fully saturated rings. The Morgan fingerprint density at radius 3 is 2.95 bits per heavy atom. The summed E-state index contributed by atoms with van der Waals surface area (Å²) in [6.45, 7) is 1.35. The molecule has 1 rings (SSSR count). The predicted molar refractivity (Wildman–Crippen MR) is 77.6 cm³/mol. The minimum Gasteiger partial charge on any atom is -0.394 e. The van der Waals surface area contributed by atoms with Crippen LogP contribution in [0.2, 0.25) is 0 Å². The van der Waals surface area contributed by atoms with Crippen LogP contribution in [-0.4, -0.2) is 43.1 Å². The highest BCUT2D eigenvalue weighted by Gasteiger charge is 2.10. The SMILES string of the molecule is N#CCSc1ccccc1C(=O)NCCCOCCO. The lowest BCUT2D eigenvalue weighted by Gasteiger charge is -2.09. The number of aliphatic hydroxyl groups is 1. The van der Waals surface area contributed by atoms with Crippen molar-refractivity contribution in [1.29, 1.82) is 5.26 Å². The van der Waals surface area contributed by atoms with Gasteiger partial charge in [0.25, 0.3) is 5.91 Å². The Kier molecular flexibility index (Phi) is 8.47. The zero-order valence-corrected chi connectivity index (χ0v) is 12.0. The molecule has 0 spiro atoms. The molecule has 20 heavy (non-hydrogen) atoms. The summed E-state index contributed by atoms with van der Waals surface area (Å²) < 4.78 is 5.11. The van der Waals surface area contributed by atoms with Gasteiger partial charge in [0, 0.05) is 18.0 Å². The molecule has 0 aliphatic heterocycles. The number of thioether (sulfide) groups is 1. The first-order valence-corrected chi connectivity index (χ1v) is 7.33. The van der Waals surface area contributed by atoms with Crippen molar-refractivity contribution in [3.05, 3.63) is 29.8 Å². The summed E-state index contributed by atoms with van der Waals surface area (Å²) >= 11 is 1.35. The van der Waals surface area contributed by atoms with E-state index in [0.29, 0.717) is 37.5 Å². The Bertz CT molecular complexity index is 460. The molecule has 1 aromatic carbocycles. The third kappa shape index (κ3) is 6.06. The van der Waals surface area contributed by atoms with Crippen molar-refractivity contribution in [1.82, 2.24) is 5.32 Å². The minimum absolute atomic E-state index is 0.00977. The second kappa shape index (κ2) is 10.3. The normalized spacial score (nSPS) is 10.0. The fourth-order valence-electron chi connectivity index (χ4n) is 1.53. The van der Waals surface area contributed by atoms with Crippen LogP contribution in [0.3, 0.4) is 0 Å². The molecule has 1 aromatic rings. The van der Waals surface area contributed by atoms with Gasteiger partial charge in [-0.15, -0.1) is 11.8 Å². The predicted octanol–water partition coefficient (Wildman–Crippen LogP) is 1.43. The first-order chi connectivity index (χ1) is 9.79. The number of carbonyl (C=O) groups excluding carboxylic acids is 1. The lowest BCUT2D eigenvalue weighted by Crippen LogP contribution is -2.25. The third-order valence-electron chi connectivity index (χ3n) is 2.41. The van der Waals surface area contributed by atoms with E-state index in [4.69, 9.17) is 15.1 Å². The number of nitrogens with one attached hydrogen (secondary N) is 1. The molecule has 0 radical (unpaired) electrons. The molecule has 0 saturated heterocycles. The van der Waals surface area contributed by atoms with Crippen molar-refractivity contribution < 1.29 is 14.6 Å². The molecule has 0 aliphatic carbocycles. The van der Waals surface area contributed by atoms with E-state index in [2.05, 4.69) is 5.32 Å². The lowest BCUT2D eigenvalue weighted by atomic mass is 10.2. The van der Waals surface area contributed by atoms with Gasteiger partial charge in [0.05, 0.1) is 30.6 Å². The molecule has 1 amide bonds. The van der Waals surface area contributed by atoms with Crippen LogP contribution in [0.1, 0.15) is 16.8 Å². The Balaban J connectivity index is 2.41. The van der Waals surface area contributed by atoms with Crippen molar-refractivity contribution in [2.24, 2.45) is 0 Å². The molecule has 0 bridgehead atoms. The van der Waals surface area contributed by atoms with Gasteiger partial charge in [-0.3, -0.25) is 4.79 Å². The van der Waals surface area contributed by atoms with E-state index < -0.39 is 0 Å². The summed E-state index contributed by atoms with van der Waals surface area (Å²) in [5.41, 5.74) is 0.587. The number of amides is 1. The van der Waals surface area contributed by atoms with Crippen molar-refractivity contribution >= 4 is 17.7 Å². The number of hydrogen-bond acceptors (Lipinski definition) is 5. The van der Waals surface area contributed by atoms with Gasteiger partial charge in [-0.1, -0.05) is 12.1 Å². The number of hydrogen-bond donors (Lipinski definition) is 2. The van der Waals surface area contributed by atoms with Crippen LogP contribution in [0.25, 0.3) is 0 Å². The zero-order valence-electron chi connectivity index (χ0n) is 11.2. The molecule has 0 aliphatic rings. The maximum atomic E-state index is 12.0. The van der Waals surface area contributed by atoms with Gasteiger partial charge >= 0.3 is 0 Å². The van der Waals surface area contributed by atoms with Gasteiger partial charge in [0.1, 0.15) is 0 Å². The molecule has 6 heteroatoms. The van der Waals surface area contributed by atoms with Gasteiger partial charge in [-0.25, -0.2) is 0 Å². The standard InChI is InChI=1S/C14H18N2O3S/c15-6-11-20-13-5-2-1-4-12(13)14(18)16-7-3-9-19-10-8-17/h1-2,4-5,17H,3,7-11H2,(H,16,18). The molecular formula is C14H18N2O3S. The largest absolute Gasteiger partial charge is 0.394 e. The van der Waals surface area contributed by atoms with Crippen LogP contribution in [-0.2, 0) is 4.74 Å². The fraction of sp³-hybridized carbons (Fsp3) is 0.429. The number of benzene rings is 1.